The molecular formula is C24H27FN4O3. The monoisotopic (exact) mass is 438 g/mol. The molecule has 32 heavy (non-hydrogen) atoms. The molecule has 5 rings (SSSR count). The van der Waals surface area contributed by atoms with Crippen LogP contribution in [0.2, 0.25) is 0 Å². The van der Waals surface area contributed by atoms with Gasteiger partial charge in [-0.2, -0.15) is 5.10 Å². The average molecular weight is 439 g/mol. The van der Waals surface area contributed by atoms with Crippen LogP contribution in [0.1, 0.15) is 61.6 Å². The summed E-state index contributed by atoms with van der Waals surface area (Å²) in [6.07, 6.45) is 4.03. The number of aromatic nitrogens is 3. The van der Waals surface area contributed by atoms with Crippen molar-refractivity contribution in [1.29, 1.82) is 0 Å². The Balaban J connectivity index is 1.66. The summed E-state index contributed by atoms with van der Waals surface area (Å²) < 4.78 is 21.2. The van der Waals surface area contributed by atoms with Gasteiger partial charge in [-0.1, -0.05) is 13.8 Å². The number of piperidine rings is 1. The van der Waals surface area contributed by atoms with Crippen molar-refractivity contribution in [3.8, 4) is 5.69 Å². The van der Waals surface area contributed by atoms with Gasteiger partial charge in [0, 0.05) is 19.7 Å². The Labute approximate surface area is 185 Å². The minimum atomic E-state index is -1.08. The van der Waals surface area contributed by atoms with E-state index in [2.05, 4.69) is 23.7 Å². The van der Waals surface area contributed by atoms with E-state index in [9.17, 15) is 14.3 Å². The van der Waals surface area contributed by atoms with E-state index >= 15 is 0 Å². The molecule has 2 saturated heterocycles. The predicted molar refractivity (Wildman–Crippen MR) is 119 cm³/mol. The molecule has 7 nitrogen and oxygen atoms in total. The van der Waals surface area contributed by atoms with Crippen LogP contribution in [0.3, 0.4) is 0 Å². The number of hydrogen-bond donors (Lipinski definition) is 1. The molecule has 2 aliphatic rings. The maximum Gasteiger partial charge on any atom is 0.354 e. The number of halogens is 1. The van der Waals surface area contributed by atoms with E-state index in [1.54, 1.807) is 22.9 Å². The SMILES string of the molecule is CC(C)c1nn(-c2ccc(F)cc2)c2nc(C(=O)O)cc(N3CCC4(CCCO4)CC3)c12. The van der Waals surface area contributed by atoms with Gasteiger partial charge in [0.2, 0.25) is 0 Å². The van der Waals surface area contributed by atoms with E-state index in [1.165, 1.54) is 12.1 Å². The van der Waals surface area contributed by atoms with Gasteiger partial charge in [0.15, 0.2) is 11.3 Å². The Bertz CT molecular complexity index is 1160. The molecule has 2 aromatic heterocycles. The van der Waals surface area contributed by atoms with Crippen LogP contribution >= 0.6 is 0 Å². The number of nitrogens with zero attached hydrogens (tertiary/aromatic N) is 4. The second-order valence-corrected chi connectivity index (χ2v) is 9.08. The number of rotatable bonds is 4. The van der Waals surface area contributed by atoms with Gasteiger partial charge in [-0.15, -0.1) is 0 Å². The molecular weight excluding hydrogens is 411 g/mol. The number of hydrogen-bond acceptors (Lipinski definition) is 5. The Kier molecular flexibility index (Phi) is 5.12. The quantitative estimate of drug-likeness (QED) is 0.645. The lowest BCUT2D eigenvalue weighted by molar-refractivity contribution is -0.0145. The van der Waals surface area contributed by atoms with Crippen molar-refractivity contribution in [2.75, 3.05) is 24.6 Å². The first-order valence-electron chi connectivity index (χ1n) is 11.2. The van der Waals surface area contributed by atoms with Crippen molar-refractivity contribution in [2.24, 2.45) is 0 Å². The third kappa shape index (κ3) is 3.52. The highest BCUT2D eigenvalue weighted by Crippen LogP contribution is 2.40. The molecule has 1 N–H and O–H groups in total. The molecule has 0 unspecified atom stereocenters. The summed E-state index contributed by atoms with van der Waals surface area (Å²) in [5, 5.41) is 15.4. The van der Waals surface area contributed by atoms with E-state index in [0.717, 1.165) is 62.1 Å². The minimum absolute atomic E-state index is 0.0246. The number of carboxylic acid groups (broad SMARTS) is 1. The van der Waals surface area contributed by atoms with Gasteiger partial charge in [0.05, 0.1) is 28.1 Å². The number of carboxylic acids is 1. The zero-order valence-corrected chi connectivity index (χ0v) is 18.3. The first-order chi connectivity index (χ1) is 15.4. The highest BCUT2D eigenvalue weighted by Gasteiger charge is 2.39. The topological polar surface area (TPSA) is 80.5 Å². The molecule has 168 valence electrons. The lowest BCUT2D eigenvalue weighted by Gasteiger charge is -2.40. The molecule has 0 aliphatic carbocycles. The van der Waals surface area contributed by atoms with Gasteiger partial charge in [0.25, 0.3) is 0 Å². The smallest absolute Gasteiger partial charge is 0.354 e. The number of aromatic carboxylic acids is 1. The van der Waals surface area contributed by atoms with Crippen LogP contribution in [-0.2, 0) is 4.74 Å². The van der Waals surface area contributed by atoms with Crippen LogP contribution < -0.4 is 4.90 Å². The number of pyridine rings is 1. The van der Waals surface area contributed by atoms with Crippen LogP contribution in [0.25, 0.3) is 16.7 Å². The number of carbonyl (C=O) groups is 1. The molecule has 3 aromatic rings. The molecule has 0 amide bonds. The predicted octanol–water partition coefficient (Wildman–Crippen LogP) is 4.53. The van der Waals surface area contributed by atoms with E-state index in [1.807, 2.05) is 0 Å². The standard InChI is InChI=1S/C24H27FN4O3/c1-15(2)21-20-19(28-11-9-24(10-12-28)8-3-13-32-24)14-18(23(30)31)26-22(20)29(27-21)17-6-4-16(25)5-7-17/h4-7,14-15H,3,8-13H2,1-2H3,(H,30,31). The van der Waals surface area contributed by atoms with Gasteiger partial charge in [-0.05, 0) is 61.9 Å². The largest absolute Gasteiger partial charge is 0.477 e. The Morgan fingerprint density at radius 3 is 2.50 bits per heavy atom. The van der Waals surface area contributed by atoms with Crippen molar-refractivity contribution in [2.45, 2.75) is 51.0 Å². The maximum absolute atomic E-state index is 13.5. The Morgan fingerprint density at radius 1 is 1.19 bits per heavy atom. The third-order valence-corrected chi connectivity index (χ3v) is 6.68. The molecule has 0 bridgehead atoms. The molecule has 0 atom stereocenters. The summed E-state index contributed by atoms with van der Waals surface area (Å²) in [4.78, 5) is 18.6. The van der Waals surface area contributed by atoms with Gasteiger partial charge >= 0.3 is 5.97 Å². The molecule has 0 saturated carbocycles. The van der Waals surface area contributed by atoms with Crippen molar-refractivity contribution in [3.63, 3.8) is 0 Å². The summed E-state index contributed by atoms with van der Waals surface area (Å²) in [6, 6.07) is 7.66. The van der Waals surface area contributed by atoms with Gasteiger partial charge in [-0.3, -0.25) is 0 Å². The van der Waals surface area contributed by atoms with Crippen LogP contribution in [0, 0.1) is 5.82 Å². The van der Waals surface area contributed by atoms with Gasteiger partial charge in [0.1, 0.15) is 5.82 Å². The molecule has 1 spiro atoms. The lowest BCUT2D eigenvalue weighted by Crippen LogP contribution is -2.44. The fraction of sp³-hybridized carbons (Fsp3) is 0.458. The summed E-state index contributed by atoms with van der Waals surface area (Å²) in [5.41, 5.74) is 2.76. The number of anilines is 1. The van der Waals surface area contributed by atoms with Crippen LogP contribution in [0.4, 0.5) is 10.1 Å². The minimum Gasteiger partial charge on any atom is -0.477 e. The summed E-state index contributed by atoms with van der Waals surface area (Å²) in [5.74, 6) is -1.33. The molecule has 2 aliphatic heterocycles. The zero-order chi connectivity index (χ0) is 22.5. The summed E-state index contributed by atoms with van der Waals surface area (Å²) in [7, 11) is 0. The normalized spacial score (nSPS) is 18.2. The average Bonchev–Trinajstić information content (AvgIpc) is 3.39. The number of benzene rings is 1. The second kappa shape index (κ2) is 7.85. The van der Waals surface area contributed by atoms with Crippen molar-refractivity contribution < 1.29 is 19.0 Å². The van der Waals surface area contributed by atoms with Gasteiger partial charge < -0.3 is 14.7 Å². The molecule has 8 heteroatoms. The highest BCUT2D eigenvalue weighted by molar-refractivity contribution is 5.98. The van der Waals surface area contributed by atoms with Gasteiger partial charge in [-0.25, -0.2) is 18.9 Å². The van der Waals surface area contributed by atoms with Crippen molar-refractivity contribution >= 4 is 22.7 Å². The number of fused-ring (bicyclic) bond motifs is 1. The van der Waals surface area contributed by atoms with Crippen LogP contribution in [0.15, 0.2) is 30.3 Å². The zero-order valence-electron chi connectivity index (χ0n) is 18.3. The van der Waals surface area contributed by atoms with Crippen molar-refractivity contribution in [3.05, 3.63) is 47.5 Å². The second-order valence-electron chi connectivity index (χ2n) is 9.08. The fourth-order valence-corrected chi connectivity index (χ4v) is 4.95. The van der Waals surface area contributed by atoms with E-state index < -0.39 is 5.97 Å². The van der Waals surface area contributed by atoms with Crippen LogP contribution in [0.5, 0.6) is 0 Å². The first-order valence-corrected chi connectivity index (χ1v) is 11.2. The van der Waals surface area contributed by atoms with E-state index in [-0.39, 0.29) is 23.0 Å². The van der Waals surface area contributed by atoms with E-state index in [0.29, 0.717) is 11.3 Å². The number of ether oxygens (including phenoxy) is 1. The fourth-order valence-electron chi connectivity index (χ4n) is 4.95. The molecule has 0 radical (unpaired) electrons. The Hall–Kier alpha value is -3.00. The lowest BCUT2D eigenvalue weighted by atomic mass is 9.88. The molecule has 1 aromatic carbocycles. The summed E-state index contributed by atoms with van der Waals surface area (Å²) in [6.45, 7) is 6.52. The third-order valence-electron chi connectivity index (χ3n) is 6.68. The highest BCUT2D eigenvalue weighted by atomic mass is 19.1. The molecule has 4 heterocycles. The van der Waals surface area contributed by atoms with Crippen LogP contribution in [-0.4, -0.2) is 51.1 Å². The van der Waals surface area contributed by atoms with Crippen molar-refractivity contribution in [1.82, 2.24) is 14.8 Å². The Morgan fingerprint density at radius 2 is 1.91 bits per heavy atom. The maximum atomic E-state index is 13.5. The first kappa shape index (κ1) is 20.9. The van der Waals surface area contributed by atoms with E-state index in [4.69, 9.17) is 9.84 Å². The molecule has 2 fully saturated rings. The summed E-state index contributed by atoms with van der Waals surface area (Å²) >= 11 is 0.